The van der Waals surface area contributed by atoms with Crippen LogP contribution in [0.4, 0.5) is 0 Å². The van der Waals surface area contributed by atoms with E-state index in [-0.39, 0.29) is 18.4 Å². The topological polar surface area (TPSA) is 78.4 Å². The highest BCUT2D eigenvalue weighted by atomic mass is 16.4. The second kappa shape index (κ2) is 8.15. The van der Waals surface area contributed by atoms with Gasteiger partial charge >= 0.3 is 5.97 Å². The van der Waals surface area contributed by atoms with Crippen molar-refractivity contribution in [3.8, 4) is 0 Å². The first kappa shape index (κ1) is 16.0. The number of carboxylic acid groups (broad SMARTS) is 1. The summed E-state index contributed by atoms with van der Waals surface area (Å²) in [4.78, 5) is 22.5. The Hall–Kier alpha value is -1.10. The highest BCUT2D eigenvalue weighted by molar-refractivity contribution is 5.82. The van der Waals surface area contributed by atoms with E-state index in [0.29, 0.717) is 24.8 Å². The second-order valence-electron chi connectivity index (χ2n) is 5.48. The van der Waals surface area contributed by atoms with Gasteiger partial charge in [0.2, 0.25) is 5.91 Å². The zero-order valence-electron chi connectivity index (χ0n) is 11.9. The number of hydrogen-bond acceptors (Lipinski definition) is 3. The van der Waals surface area contributed by atoms with Gasteiger partial charge in [-0.3, -0.25) is 9.59 Å². The van der Waals surface area contributed by atoms with Crippen LogP contribution in [-0.4, -0.2) is 36.1 Å². The Morgan fingerprint density at radius 2 is 2.16 bits per heavy atom. The molecule has 1 aliphatic rings. The van der Waals surface area contributed by atoms with E-state index in [1.54, 1.807) is 0 Å². The Morgan fingerprint density at radius 1 is 1.42 bits per heavy atom. The zero-order chi connectivity index (χ0) is 14.3. The molecule has 3 N–H and O–H groups in total. The molecule has 0 aliphatic carbocycles. The van der Waals surface area contributed by atoms with Gasteiger partial charge in [-0.15, -0.1) is 0 Å². The van der Waals surface area contributed by atoms with Crippen molar-refractivity contribution in [3.63, 3.8) is 0 Å². The Labute approximate surface area is 115 Å². The minimum Gasteiger partial charge on any atom is -0.481 e. The maximum Gasteiger partial charge on any atom is 0.303 e. The van der Waals surface area contributed by atoms with Crippen LogP contribution in [0.3, 0.4) is 0 Å². The monoisotopic (exact) mass is 270 g/mol. The molecule has 0 saturated carbocycles. The molecule has 1 aliphatic heterocycles. The van der Waals surface area contributed by atoms with Crippen molar-refractivity contribution in [2.45, 2.75) is 52.0 Å². The molecular weight excluding hydrogens is 244 g/mol. The minimum atomic E-state index is -0.744. The van der Waals surface area contributed by atoms with E-state index in [2.05, 4.69) is 24.5 Å². The SMILES string of the molecule is CCC(CCNC(=O)C1NCCC1C)CCC(=O)O. The molecule has 1 saturated heterocycles. The lowest BCUT2D eigenvalue weighted by Crippen LogP contribution is -2.43. The summed E-state index contributed by atoms with van der Waals surface area (Å²) in [6, 6.07) is -0.0564. The Balaban J connectivity index is 2.20. The third-order valence-electron chi connectivity index (χ3n) is 4.01. The quantitative estimate of drug-likeness (QED) is 0.622. The van der Waals surface area contributed by atoms with Gasteiger partial charge < -0.3 is 15.7 Å². The summed E-state index contributed by atoms with van der Waals surface area (Å²) in [5.41, 5.74) is 0. The number of carbonyl (C=O) groups is 2. The first-order chi connectivity index (χ1) is 9.04. The highest BCUT2D eigenvalue weighted by Gasteiger charge is 2.28. The molecule has 0 aromatic rings. The minimum absolute atomic E-state index is 0.0564. The molecule has 1 amide bonds. The molecule has 0 spiro atoms. The molecule has 5 nitrogen and oxygen atoms in total. The molecular formula is C14H26N2O3. The summed E-state index contributed by atoms with van der Waals surface area (Å²) < 4.78 is 0. The molecule has 0 bridgehead atoms. The number of aliphatic carboxylic acids is 1. The first-order valence-electron chi connectivity index (χ1n) is 7.27. The third kappa shape index (κ3) is 5.59. The Kier molecular flexibility index (Phi) is 6.84. The fourth-order valence-corrected chi connectivity index (χ4v) is 2.58. The predicted octanol–water partition coefficient (Wildman–Crippen LogP) is 1.38. The molecule has 0 aromatic carbocycles. The van der Waals surface area contributed by atoms with E-state index >= 15 is 0 Å². The van der Waals surface area contributed by atoms with Crippen LogP contribution in [0.5, 0.6) is 0 Å². The smallest absolute Gasteiger partial charge is 0.303 e. The summed E-state index contributed by atoms with van der Waals surface area (Å²) in [6.07, 6.45) is 3.78. The second-order valence-corrected chi connectivity index (χ2v) is 5.48. The van der Waals surface area contributed by atoms with Crippen LogP contribution in [0.15, 0.2) is 0 Å². The Morgan fingerprint density at radius 3 is 2.68 bits per heavy atom. The number of carbonyl (C=O) groups excluding carboxylic acids is 1. The fourth-order valence-electron chi connectivity index (χ4n) is 2.58. The van der Waals surface area contributed by atoms with Crippen LogP contribution in [0.2, 0.25) is 0 Å². The van der Waals surface area contributed by atoms with Crippen molar-refractivity contribution < 1.29 is 14.7 Å². The number of nitrogens with one attached hydrogen (secondary N) is 2. The number of amides is 1. The maximum atomic E-state index is 11.9. The summed E-state index contributed by atoms with van der Waals surface area (Å²) in [7, 11) is 0. The molecule has 5 heteroatoms. The molecule has 0 aromatic heterocycles. The van der Waals surface area contributed by atoms with Gasteiger partial charge in [0.25, 0.3) is 0 Å². The van der Waals surface area contributed by atoms with Crippen LogP contribution in [0.25, 0.3) is 0 Å². The first-order valence-corrected chi connectivity index (χ1v) is 7.27. The van der Waals surface area contributed by atoms with Gasteiger partial charge in [0.05, 0.1) is 6.04 Å². The maximum absolute atomic E-state index is 11.9. The number of hydrogen-bond donors (Lipinski definition) is 3. The summed E-state index contributed by atoms with van der Waals surface area (Å²) in [5, 5.41) is 14.8. The largest absolute Gasteiger partial charge is 0.481 e. The molecule has 110 valence electrons. The van der Waals surface area contributed by atoms with Crippen LogP contribution in [0, 0.1) is 11.8 Å². The molecule has 0 radical (unpaired) electrons. The summed E-state index contributed by atoms with van der Waals surface area (Å²) in [6.45, 7) is 5.71. The summed E-state index contributed by atoms with van der Waals surface area (Å²) in [5.74, 6) is 0.115. The van der Waals surface area contributed by atoms with Gasteiger partial charge in [-0.1, -0.05) is 20.3 Å². The van der Waals surface area contributed by atoms with Crippen LogP contribution in [-0.2, 0) is 9.59 Å². The number of rotatable bonds is 8. The molecule has 1 heterocycles. The van der Waals surface area contributed by atoms with Crippen molar-refractivity contribution >= 4 is 11.9 Å². The predicted molar refractivity (Wildman–Crippen MR) is 73.8 cm³/mol. The van der Waals surface area contributed by atoms with Crippen molar-refractivity contribution in [2.75, 3.05) is 13.1 Å². The lowest BCUT2D eigenvalue weighted by molar-refractivity contribution is -0.137. The lowest BCUT2D eigenvalue weighted by atomic mass is 9.96. The van der Waals surface area contributed by atoms with E-state index in [1.165, 1.54) is 0 Å². The standard InChI is InChI=1S/C14H26N2O3/c1-3-11(4-5-12(17)18)7-9-16-14(19)13-10(2)6-8-15-13/h10-11,13,15H,3-9H2,1-2H3,(H,16,19)(H,17,18). The van der Waals surface area contributed by atoms with Gasteiger partial charge in [-0.2, -0.15) is 0 Å². The van der Waals surface area contributed by atoms with Gasteiger partial charge in [-0.05, 0) is 37.6 Å². The van der Waals surface area contributed by atoms with E-state index in [9.17, 15) is 9.59 Å². The van der Waals surface area contributed by atoms with Gasteiger partial charge in [-0.25, -0.2) is 0 Å². The molecule has 3 unspecified atom stereocenters. The van der Waals surface area contributed by atoms with E-state index < -0.39 is 5.97 Å². The molecule has 1 fully saturated rings. The van der Waals surface area contributed by atoms with Crippen molar-refractivity contribution in [2.24, 2.45) is 11.8 Å². The molecule has 1 rings (SSSR count). The lowest BCUT2D eigenvalue weighted by Gasteiger charge is -2.17. The van der Waals surface area contributed by atoms with Gasteiger partial charge in [0.1, 0.15) is 0 Å². The molecule has 3 atom stereocenters. The average molecular weight is 270 g/mol. The van der Waals surface area contributed by atoms with Crippen molar-refractivity contribution in [1.82, 2.24) is 10.6 Å². The van der Waals surface area contributed by atoms with Crippen LogP contribution < -0.4 is 10.6 Å². The summed E-state index contributed by atoms with van der Waals surface area (Å²) >= 11 is 0. The Bertz CT molecular complexity index is 307. The van der Waals surface area contributed by atoms with Gasteiger partial charge in [0.15, 0.2) is 0 Å². The third-order valence-corrected chi connectivity index (χ3v) is 4.01. The normalized spacial score (nSPS) is 24.1. The van der Waals surface area contributed by atoms with Crippen LogP contribution in [0.1, 0.15) is 46.0 Å². The van der Waals surface area contributed by atoms with E-state index in [1.807, 2.05) is 0 Å². The van der Waals surface area contributed by atoms with Gasteiger partial charge in [0, 0.05) is 13.0 Å². The highest BCUT2D eigenvalue weighted by Crippen LogP contribution is 2.16. The number of carboxylic acids is 1. The van der Waals surface area contributed by atoms with Crippen molar-refractivity contribution in [3.05, 3.63) is 0 Å². The van der Waals surface area contributed by atoms with E-state index in [0.717, 1.165) is 25.8 Å². The van der Waals surface area contributed by atoms with Crippen molar-refractivity contribution in [1.29, 1.82) is 0 Å². The fraction of sp³-hybridized carbons (Fsp3) is 0.857. The average Bonchev–Trinajstić information content (AvgIpc) is 2.79. The molecule has 19 heavy (non-hydrogen) atoms. The zero-order valence-corrected chi connectivity index (χ0v) is 11.9. The van der Waals surface area contributed by atoms with Crippen LogP contribution >= 0.6 is 0 Å². The van der Waals surface area contributed by atoms with E-state index in [4.69, 9.17) is 5.11 Å².